The zero-order valence-corrected chi connectivity index (χ0v) is 15.1. The van der Waals surface area contributed by atoms with Crippen LogP contribution in [0.3, 0.4) is 0 Å². The molecule has 0 N–H and O–H groups in total. The van der Waals surface area contributed by atoms with Crippen molar-refractivity contribution in [1.82, 2.24) is 4.98 Å². The van der Waals surface area contributed by atoms with Crippen molar-refractivity contribution < 1.29 is 21.9 Å². The summed E-state index contributed by atoms with van der Waals surface area (Å²) >= 11 is 0. The lowest BCUT2D eigenvalue weighted by Gasteiger charge is -2.10. The van der Waals surface area contributed by atoms with Gasteiger partial charge in [0.05, 0.1) is 17.0 Å². The highest BCUT2D eigenvalue weighted by atomic mass is 32.2. The Kier molecular flexibility index (Phi) is 4.91. The van der Waals surface area contributed by atoms with Crippen LogP contribution >= 0.6 is 0 Å². The predicted octanol–water partition coefficient (Wildman–Crippen LogP) is 4.36. The first kappa shape index (κ1) is 18.3. The third kappa shape index (κ3) is 4.35. The number of nitrogens with zero attached hydrogens (tertiary/aromatic N) is 1. The molecule has 26 heavy (non-hydrogen) atoms. The highest BCUT2D eigenvalue weighted by Gasteiger charge is 2.10. The van der Waals surface area contributed by atoms with Gasteiger partial charge in [0.2, 0.25) is 0 Å². The average Bonchev–Trinajstić information content (AvgIpc) is 2.53. The van der Waals surface area contributed by atoms with E-state index in [4.69, 9.17) is 0 Å². The van der Waals surface area contributed by atoms with Crippen LogP contribution in [0.5, 0.6) is 5.75 Å². The van der Waals surface area contributed by atoms with Gasteiger partial charge in [0.15, 0.2) is 9.84 Å². The standard InChI is InChI=1S/C19H17F2NO3S/c1-12-8-18(14-4-3-5-15(10-14)25-19(20)21)22-17-7-6-13(9-16(12)17)11-26(2,23)24/h3-10,19H,11H2,1-2H3. The van der Waals surface area contributed by atoms with Crippen LogP contribution in [0.2, 0.25) is 0 Å². The van der Waals surface area contributed by atoms with Gasteiger partial charge >= 0.3 is 6.61 Å². The minimum atomic E-state index is -3.12. The molecule has 136 valence electrons. The van der Waals surface area contributed by atoms with Gasteiger partial charge in [-0.1, -0.05) is 18.2 Å². The van der Waals surface area contributed by atoms with Crippen LogP contribution < -0.4 is 4.74 Å². The van der Waals surface area contributed by atoms with Crippen molar-refractivity contribution in [2.75, 3.05) is 6.26 Å². The number of alkyl halides is 2. The summed E-state index contributed by atoms with van der Waals surface area (Å²) in [7, 11) is -3.12. The Morgan fingerprint density at radius 1 is 1.12 bits per heavy atom. The Morgan fingerprint density at radius 3 is 2.58 bits per heavy atom. The summed E-state index contributed by atoms with van der Waals surface area (Å²) in [5, 5.41) is 0.856. The summed E-state index contributed by atoms with van der Waals surface area (Å²) in [5.74, 6) is 0.0393. The first-order valence-electron chi connectivity index (χ1n) is 7.84. The molecule has 0 aliphatic rings. The molecule has 0 radical (unpaired) electrons. The molecule has 7 heteroatoms. The molecule has 0 spiro atoms. The molecule has 4 nitrogen and oxygen atoms in total. The van der Waals surface area contributed by atoms with Crippen LogP contribution in [-0.4, -0.2) is 26.3 Å². The Morgan fingerprint density at radius 2 is 1.88 bits per heavy atom. The van der Waals surface area contributed by atoms with Gasteiger partial charge in [0.1, 0.15) is 5.75 Å². The molecule has 0 bridgehead atoms. The van der Waals surface area contributed by atoms with E-state index >= 15 is 0 Å². The van der Waals surface area contributed by atoms with Gasteiger partial charge in [-0.05, 0) is 48.4 Å². The molecule has 2 aromatic carbocycles. The van der Waals surface area contributed by atoms with Crippen molar-refractivity contribution in [3.8, 4) is 17.0 Å². The van der Waals surface area contributed by atoms with E-state index in [0.29, 0.717) is 22.3 Å². The van der Waals surface area contributed by atoms with Gasteiger partial charge in [0.25, 0.3) is 0 Å². The summed E-state index contributed by atoms with van der Waals surface area (Å²) < 4.78 is 52.2. The summed E-state index contributed by atoms with van der Waals surface area (Å²) in [5.41, 5.74) is 3.61. The molecule has 0 saturated carbocycles. The van der Waals surface area contributed by atoms with E-state index in [-0.39, 0.29) is 11.5 Å². The number of hydrogen-bond donors (Lipinski definition) is 0. The van der Waals surface area contributed by atoms with Crippen molar-refractivity contribution in [3.05, 3.63) is 59.7 Å². The van der Waals surface area contributed by atoms with E-state index in [9.17, 15) is 17.2 Å². The molecular weight excluding hydrogens is 360 g/mol. The molecule has 0 unspecified atom stereocenters. The van der Waals surface area contributed by atoms with Gasteiger partial charge < -0.3 is 4.74 Å². The van der Waals surface area contributed by atoms with Crippen LogP contribution in [0.1, 0.15) is 11.1 Å². The third-order valence-corrected chi connectivity index (χ3v) is 4.72. The number of fused-ring (bicyclic) bond motifs is 1. The highest BCUT2D eigenvalue weighted by molar-refractivity contribution is 7.89. The predicted molar refractivity (Wildman–Crippen MR) is 97.1 cm³/mol. The molecule has 1 heterocycles. The van der Waals surface area contributed by atoms with E-state index in [2.05, 4.69) is 9.72 Å². The second-order valence-corrected chi connectivity index (χ2v) is 8.29. The Bertz CT molecular complexity index is 1070. The SMILES string of the molecule is Cc1cc(-c2cccc(OC(F)F)c2)nc2ccc(CS(C)(=O)=O)cc12. The molecule has 0 saturated heterocycles. The number of aryl methyl sites for hydroxylation is 1. The van der Waals surface area contributed by atoms with Gasteiger partial charge in [-0.25, -0.2) is 13.4 Å². The first-order chi connectivity index (χ1) is 12.2. The van der Waals surface area contributed by atoms with Crippen LogP contribution in [0, 0.1) is 6.92 Å². The maximum absolute atomic E-state index is 12.4. The zero-order valence-electron chi connectivity index (χ0n) is 14.2. The monoisotopic (exact) mass is 377 g/mol. The minimum absolute atomic E-state index is 0.0306. The summed E-state index contributed by atoms with van der Waals surface area (Å²) in [4.78, 5) is 4.57. The lowest BCUT2D eigenvalue weighted by atomic mass is 10.0. The molecule has 0 aliphatic heterocycles. The van der Waals surface area contributed by atoms with Crippen molar-refractivity contribution in [2.24, 2.45) is 0 Å². The number of rotatable bonds is 5. The van der Waals surface area contributed by atoms with Crippen LogP contribution in [0.25, 0.3) is 22.2 Å². The maximum Gasteiger partial charge on any atom is 0.387 e. The number of ether oxygens (including phenoxy) is 1. The van der Waals surface area contributed by atoms with Crippen molar-refractivity contribution in [3.63, 3.8) is 0 Å². The van der Waals surface area contributed by atoms with Gasteiger partial charge in [0, 0.05) is 17.2 Å². The second kappa shape index (κ2) is 6.99. The van der Waals surface area contributed by atoms with Crippen LogP contribution in [0.15, 0.2) is 48.5 Å². The molecule has 1 aromatic heterocycles. The Balaban J connectivity index is 2.03. The molecule has 3 rings (SSSR count). The van der Waals surface area contributed by atoms with Gasteiger partial charge in [-0.3, -0.25) is 0 Å². The van der Waals surface area contributed by atoms with Crippen molar-refractivity contribution >= 4 is 20.7 Å². The fraction of sp³-hybridized carbons (Fsp3) is 0.211. The number of hydrogen-bond acceptors (Lipinski definition) is 4. The van der Waals surface area contributed by atoms with Crippen molar-refractivity contribution in [2.45, 2.75) is 19.3 Å². The van der Waals surface area contributed by atoms with E-state index in [0.717, 1.165) is 10.9 Å². The fourth-order valence-corrected chi connectivity index (χ4v) is 3.60. The van der Waals surface area contributed by atoms with E-state index in [1.54, 1.807) is 24.3 Å². The van der Waals surface area contributed by atoms with Crippen LogP contribution in [-0.2, 0) is 15.6 Å². The maximum atomic E-state index is 12.4. The third-order valence-electron chi connectivity index (χ3n) is 3.86. The molecule has 0 atom stereocenters. The quantitative estimate of drug-likeness (QED) is 0.663. The second-order valence-electron chi connectivity index (χ2n) is 6.15. The van der Waals surface area contributed by atoms with Crippen molar-refractivity contribution in [1.29, 1.82) is 0 Å². The number of pyridine rings is 1. The lowest BCUT2D eigenvalue weighted by molar-refractivity contribution is -0.0498. The van der Waals surface area contributed by atoms with E-state index in [1.165, 1.54) is 18.4 Å². The largest absolute Gasteiger partial charge is 0.435 e. The molecule has 0 amide bonds. The van der Waals surface area contributed by atoms with Gasteiger partial charge in [-0.2, -0.15) is 8.78 Å². The summed E-state index contributed by atoms with van der Waals surface area (Å²) in [6.07, 6.45) is 1.19. The highest BCUT2D eigenvalue weighted by Crippen LogP contribution is 2.28. The molecule has 0 aliphatic carbocycles. The molecule has 0 fully saturated rings. The molecular formula is C19H17F2NO3S. The minimum Gasteiger partial charge on any atom is -0.435 e. The molecule has 3 aromatic rings. The Hall–Kier alpha value is -2.54. The number of benzene rings is 2. The van der Waals surface area contributed by atoms with E-state index < -0.39 is 16.4 Å². The smallest absolute Gasteiger partial charge is 0.387 e. The topological polar surface area (TPSA) is 56.3 Å². The average molecular weight is 377 g/mol. The van der Waals surface area contributed by atoms with Gasteiger partial charge in [-0.15, -0.1) is 0 Å². The number of halogens is 2. The lowest BCUT2D eigenvalue weighted by Crippen LogP contribution is -2.02. The summed E-state index contributed by atoms with van der Waals surface area (Å²) in [6.45, 7) is -0.984. The zero-order chi connectivity index (χ0) is 18.9. The first-order valence-corrected chi connectivity index (χ1v) is 9.90. The fourth-order valence-electron chi connectivity index (χ4n) is 2.81. The normalized spacial score (nSPS) is 11.9. The number of aromatic nitrogens is 1. The summed E-state index contributed by atoms with van der Waals surface area (Å²) in [6, 6.07) is 13.5. The van der Waals surface area contributed by atoms with E-state index in [1.807, 2.05) is 19.1 Å². The van der Waals surface area contributed by atoms with Crippen LogP contribution in [0.4, 0.5) is 8.78 Å². The Labute approximate surface area is 150 Å². The number of sulfone groups is 1.